The summed E-state index contributed by atoms with van der Waals surface area (Å²) in [7, 11) is 0. The molecular formula is C23H18N4O3. The van der Waals surface area contributed by atoms with Crippen LogP contribution in [0, 0.1) is 0 Å². The van der Waals surface area contributed by atoms with Gasteiger partial charge in [-0.1, -0.05) is 30.3 Å². The third-order valence-electron chi connectivity index (χ3n) is 5.05. The molecule has 3 aromatic heterocycles. The molecule has 0 aliphatic rings. The maximum atomic E-state index is 13.2. The van der Waals surface area contributed by atoms with Crippen LogP contribution in [-0.2, 0) is 13.1 Å². The Labute approximate surface area is 171 Å². The van der Waals surface area contributed by atoms with E-state index < -0.39 is 0 Å². The Hall–Kier alpha value is -4.13. The molecule has 0 saturated heterocycles. The molecule has 7 nitrogen and oxygen atoms in total. The second-order valence-electron chi connectivity index (χ2n) is 6.97. The van der Waals surface area contributed by atoms with Gasteiger partial charge in [0.1, 0.15) is 11.3 Å². The van der Waals surface area contributed by atoms with E-state index in [9.17, 15) is 9.59 Å². The van der Waals surface area contributed by atoms with Crippen molar-refractivity contribution in [2.75, 3.05) is 0 Å². The van der Waals surface area contributed by atoms with Crippen molar-refractivity contribution in [3.8, 4) is 0 Å². The maximum absolute atomic E-state index is 13.2. The van der Waals surface area contributed by atoms with Crippen LogP contribution in [0.15, 0.2) is 88.4 Å². The minimum absolute atomic E-state index is 0.156. The molecular weight excluding hydrogens is 380 g/mol. The molecule has 5 aromatic rings. The fourth-order valence-electron chi connectivity index (χ4n) is 3.57. The predicted molar refractivity (Wildman–Crippen MR) is 112 cm³/mol. The number of carbonyl (C=O) groups excluding carboxylic acids is 1. The molecule has 0 bridgehead atoms. The van der Waals surface area contributed by atoms with Crippen LogP contribution in [-0.4, -0.2) is 20.1 Å². The normalized spacial score (nSPS) is 11.2. The number of aromatic nitrogens is 3. The van der Waals surface area contributed by atoms with Crippen molar-refractivity contribution in [1.29, 1.82) is 0 Å². The summed E-state index contributed by atoms with van der Waals surface area (Å²) in [5.41, 5.74) is 3.20. The van der Waals surface area contributed by atoms with Crippen molar-refractivity contribution in [1.82, 2.24) is 19.5 Å². The van der Waals surface area contributed by atoms with E-state index in [-0.39, 0.29) is 11.5 Å². The number of hydrogen-bond acceptors (Lipinski definition) is 4. The smallest absolute Gasteiger partial charge is 0.277 e. The van der Waals surface area contributed by atoms with E-state index in [1.165, 1.54) is 0 Å². The van der Waals surface area contributed by atoms with E-state index in [1.807, 2.05) is 36.4 Å². The van der Waals surface area contributed by atoms with Gasteiger partial charge in [-0.15, -0.1) is 0 Å². The van der Waals surface area contributed by atoms with E-state index in [0.717, 1.165) is 11.1 Å². The van der Waals surface area contributed by atoms with Crippen LogP contribution in [0.5, 0.6) is 0 Å². The highest BCUT2D eigenvalue weighted by Crippen LogP contribution is 2.18. The molecule has 0 spiro atoms. The number of carbonyl (C=O) groups is 1. The number of nitrogens with one attached hydrogen (secondary N) is 1. The number of hydrogen-bond donors (Lipinski definition) is 1. The van der Waals surface area contributed by atoms with E-state index in [4.69, 9.17) is 4.42 Å². The van der Waals surface area contributed by atoms with Gasteiger partial charge in [0, 0.05) is 5.56 Å². The van der Waals surface area contributed by atoms with Crippen LogP contribution in [0.25, 0.3) is 16.6 Å². The summed E-state index contributed by atoms with van der Waals surface area (Å²) < 4.78 is 8.56. The number of furan rings is 1. The van der Waals surface area contributed by atoms with Crippen molar-refractivity contribution < 1.29 is 9.21 Å². The highest BCUT2D eigenvalue weighted by molar-refractivity contribution is 5.97. The van der Waals surface area contributed by atoms with Crippen molar-refractivity contribution in [2.24, 2.45) is 0 Å². The van der Waals surface area contributed by atoms with Crippen LogP contribution < -0.4 is 10.9 Å². The summed E-state index contributed by atoms with van der Waals surface area (Å²) in [5, 5.41) is 7.13. The first-order chi connectivity index (χ1) is 14.7. The Balaban J connectivity index is 1.60. The number of fused-ring (bicyclic) bond motifs is 3. The first-order valence-corrected chi connectivity index (χ1v) is 9.55. The zero-order chi connectivity index (χ0) is 20.5. The molecule has 148 valence electrons. The van der Waals surface area contributed by atoms with E-state index in [2.05, 4.69) is 10.4 Å². The molecule has 5 rings (SSSR count). The predicted octanol–water partition coefficient (Wildman–Crippen LogP) is 3.22. The van der Waals surface area contributed by atoms with Gasteiger partial charge in [-0.3, -0.25) is 9.59 Å². The second kappa shape index (κ2) is 7.36. The molecule has 7 heteroatoms. The molecule has 1 amide bonds. The van der Waals surface area contributed by atoms with Crippen LogP contribution in [0.2, 0.25) is 0 Å². The third kappa shape index (κ3) is 3.16. The molecule has 3 heterocycles. The summed E-state index contributed by atoms with van der Waals surface area (Å²) in [6, 6.07) is 20.3. The number of amides is 1. The highest BCUT2D eigenvalue weighted by Gasteiger charge is 2.15. The third-order valence-corrected chi connectivity index (χ3v) is 5.05. The minimum atomic E-state index is -0.243. The lowest BCUT2D eigenvalue weighted by molar-refractivity contribution is 0.0948. The first kappa shape index (κ1) is 17.9. The van der Waals surface area contributed by atoms with E-state index in [0.29, 0.717) is 35.4 Å². The molecule has 0 radical (unpaired) electrons. The van der Waals surface area contributed by atoms with Gasteiger partial charge in [-0.05, 0) is 42.0 Å². The zero-order valence-electron chi connectivity index (χ0n) is 16.0. The lowest BCUT2D eigenvalue weighted by Crippen LogP contribution is -2.25. The summed E-state index contributed by atoms with van der Waals surface area (Å²) in [6.45, 7) is 0.689. The van der Waals surface area contributed by atoms with Gasteiger partial charge in [0.05, 0.1) is 36.6 Å². The van der Waals surface area contributed by atoms with Crippen LogP contribution in [0.3, 0.4) is 0 Å². The van der Waals surface area contributed by atoms with Crippen LogP contribution >= 0.6 is 0 Å². The molecule has 0 atom stereocenters. The van der Waals surface area contributed by atoms with Gasteiger partial charge in [0.2, 0.25) is 0 Å². The van der Waals surface area contributed by atoms with Gasteiger partial charge in [-0.25, -0.2) is 4.52 Å². The first-order valence-electron chi connectivity index (χ1n) is 9.55. The van der Waals surface area contributed by atoms with Crippen molar-refractivity contribution in [3.05, 3.63) is 106 Å². The number of benzene rings is 2. The van der Waals surface area contributed by atoms with Crippen molar-refractivity contribution >= 4 is 22.5 Å². The largest absolute Gasteiger partial charge is 0.467 e. The average molecular weight is 398 g/mol. The maximum Gasteiger partial charge on any atom is 0.277 e. The lowest BCUT2D eigenvalue weighted by atomic mass is 10.1. The second-order valence-corrected chi connectivity index (χ2v) is 6.97. The number of rotatable bonds is 5. The SMILES string of the molecule is O=C(NCc1ccco1)c1ccc2c(c1)n(Cc1ccccc1)c(=O)c1ccnn12. The monoisotopic (exact) mass is 398 g/mol. The number of nitrogens with zero attached hydrogens (tertiary/aromatic N) is 3. The summed E-state index contributed by atoms with van der Waals surface area (Å²) >= 11 is 0. The Bertz CT molecular complexity index is 1400. The van der Waals surface area contributed by atoms with Crippen molar-refractivity contribution in [3.63, 3.8) is 0 Å². The Morgan fingerprint density at radius 3 is 2.63 bits per heavy atom. The van der Waals surface area contributed by atoms with E-state index >= 15 is 0 Å². The van der Waals surface area contributed by atoms with Gasteiger partial charge in [0.25, 0.3) is 11.5 Å². The summed E-state index contributed by atoms with van der Waals surface area (Å²) in [6.07, 6.45) is 3.17. The molecule has 1 N–H and O–H groups in total. The van der Waals surface area contributed by atoms with Gasteiger partial charge in [0.15, 0.2) is 0 Å². The molecule has 0 aliphatic carbocycles. The Morgan fingerprint density at radius 1 is 0.967 bits per heavy atom. The molecule has 0 fully saturated rings. The topological polar surface area (TPSA) is 81.5 Å². The van der Waals surface area contributed by atoms with Gasteiger partial charge >= 0.3 is 0 Å². The lowest BCUT2D eigenvalue weighted by Gasteiger charge is -2.13. The molecule has 30 heavy (non-hydrogen) atoms. The van der Waals surface area contributed by atoms with Crippen LogP contribution in [0.4, 0.5) is 0 Å². The minimum Gasteiger partial charge on any atom is -0.467 e. The summed E-state index contributed by atoms with van der Waals surface area (Å²) in [5.74, 6) is 0.427. The summed E-state index contributed by atoms with van der Waals surface area (Å²) in [4.78, 5) is 25.8. The fraction of sp³-hybridized carbons (Fsp3) is 0.0870. The molecule has 0 saturated carbocycles. The Kier molecular flexibility index (Phi) is 4.40. The molecule has 0 aliphatic heterocycles. The highest BCUT2D eigenvalue weighted by atomic mass is 16.3. The standard InChI is InChI=1S/C23H18N4O3/c28-22(24-14-18-7-4-12-30-18)17-8-9-19-21(13-17)26(15-16-5-2-1-3-6-16)23(29)20-10-11-25-27(19)20/h1-13H,14-15H2,(H,24,28). The van der Waals surface area contributed by atoms with Gasteiger partial charge < -0.3 is 14.3 Å². The quantitative estimate of drug-likeness (QED) is 0.493. The van der Waals surface area contributed by atoms with Gasteiger partial charge in [-0.2, -0.15) is 5.10 Å². The molecule has 2 aromatic carbocycles. The average Bonchev–Trinajstić information content (AvgIpc) is 3.47. The van der Waals surface area contributed by atoms with Crippen LogP contribution in [0.1, 0.15) is 21.7 Å². The Morgan fingerprint density at radius 2 is 1.83 bits per heavy atom. The zero-order valence-corrected chi connectivity index (χ0v) is 16.0. The van der Waals surface area contributed by atoms with E-state index in [1.54, 1.807) is 51.9 Å². The molecule has 0 unspecified atom stereocenters. The van der Waals surface area contributed by atoms with Crippen molar-refractivity contribution in [2.45, 2.75) is 13.1 Å². The fourth-order valence-corrected chi connectivity index (χ4v) is 3.57.